The van der Waals surface area contributed by atoms with Gasteiger partial charge < -0.3 is 9.84 Å². The SMILES string of the molecule is Cc1cccc2c(=O)n(CC(O)COc3ccc(C#N)cc3)cnc12. The van der Waals surface area contributed by atoms with Crippen LogP contribution in [0.3, 0.4) is 0 Å². The first-order chi connectivity index (χ1) is 12.1. The number of para-hydroxylation sites is 1. The van der Waals surface area contributed by atoms with Gasteiger partial charge in [-0.1, -0.05) is 12.1 Å². The molecule has 0 saturated heterocycles. The summed E-state index contributed by atoms with van der Waals surface area (Å²) in [4.78, 5) is 16.8. The first-order valence-electron chi connectivity index (χ1n) is 7.84. The largest absolute Gasteiger partial charge is 0.491 e. The van der Waals surface area contributed by atoms with Gasteiger partial charge in [-0.05, 0) is 42.8 Å². The topological polar surface area (TPSA) is 88.1 Å². The lowest BCUT2D eigenvalue weighted by atomic mass is 10.1. The van der Waals surface area contributed by atoms with Gasteiger partial charge in [-0.3, -0.25) is 9.36 Å². The molecule has 0 bridgehead atoms. The summed E-state index contributed by atoms with van der Waals surface area (Å²) in [6.07, 6.45) is 0.584. The van der Waals surface area contributed by atoms with E-state index in [4.69, 9.17) is 10.00 Å². The Kier molecular flexibility index (Phi) is 4.78. The molecule has 1 unspecified atom stereocenters. The minimum absolute atomic E-state index is 0.0319. The van der Waals surface area contributed by atoms with Gasteiger partial charge in [0.1, 0.15) is 18.5 Å². The van der Waals surface area contributed by atoms with Crippen LogP contribution in [-0.4, -0.2) is 27.4 Å². The van der Waals surface area contributed by atoms with Crippen molar-refractivity contribution in [3.05, 3.63) is 70.3 Å². The highest BCUT2D eigenvalue weighted by Gasteiger charge is 2.11. The molecule has 1 atom stereocenters. The van der Waals surface area contributed by atoms with E-state index in [1.54, 1.807) is 30.3 Å². The molecule has 3 aromatic rings. The molecule has 6 nitrogen and oxygen atoms in total. The molecule has 1 aromatic heterocycles. The summed E-state index contributed by atoms with van der Waals surface area (Å²) in [5.74, 6) is 0.553. The van der Waals surface area contributed by atoms with Crippen LogP contribution >= 0.6 is 0 Å². The smallest absolute Gasteiger partial charge is 0.261 e. The molecule has 126 valence electrons. The third-order valence-electron chi connectivity index (χ3n) is 3.89. The van der Waals surface area contributed by atoms with E-state index < -0.39 is 6.10 Å². The maximum absolute atomic E-state index is 12.5. The summed E-state index contributed by atoms with van der Waals surface area (Å²) in [5.41, 5.74) is 1.96. The first kappa shape index (κ1) is 16.7. The van der Waals surface area contributed by atoms with Gasteiger partial charge in [-0.15, -0.1) is 0 Å². The van der Waals surface area contributed by atoms with Gasteiger partial charge in [0.05, 0.1) is 35.4 Å². The Morgan fingerprint density at radius 3 is 2.76 bits per heavy atom. The zero-order valence-corrected chi connectivity index (χ0v) is 13.7. The minimum atomic E-state index is -0.864. The Balaban J connectivity index is 1.69. The van der Waals surface area contributed by atoms with Crippen molar-refractivity contribution in [2.45, 2.75) is 19.6 Å². The van der Waals surface area contributed by atoms with Crippen molar-refractivity contribution < 1.29 is 9.84 Å². The number of aliphatic hydroxyl groups is 1. The predicted molar refractivity (Wildman–Crippen MR) is 93.4 cm³/mol. The molecule has 0 radical (unpaired) electrons. The number of benzene rings is 2. The fraction of sp³-hybridized carbons (Fsp3) is 0.211. The number of fused-ring (bicyclic) bond motifs is 1. The summed E-state index contributed by atoms with van der Waals surface area (Å²) in [5, 5.41) is 19.4. The number of aryl methyl sites for hydroxylation is 1. The minimum Gasteiger partial charge on any atom is -0.491 e. The maximum atomic E-state index is 12.5. The van der Waals surface area contributed by atoms with E-state index in [1.165, 1.54) is 10.9 Å². The van der Waals surface area contributed by atoms with Crippen molar-refractivity contribution in [3.8, 4) is 11.8 Å². The van der Waals surface area contributed by atoms with Crippen LogP contribution in [0.15, 0.2) is 53.6 Å². The van der Waals surface area contributed by atoms with E-state index in [1.807, 2.05) is 25.1 Å². The number of aliphatic hydroxyl groups excluding tert-OH is 1. The van der Waals surface area contributed by atoms with E-state index in [0.29, 0.717) is 22.2 Å². The van der Waals surface area contributed by atoms with Crippen LogP contribution in [-0.2, 0) is 6.54 Å². The molecule has 0 aliphatic rings. The van der Waals surface area contributed by atoms with Gasteiger partial charge in [0, 0.05) is 0 Å². The normalized spacial score (nSPS) is 11.9. The zero-order valence-electron chi connectivity index (χ0n) is 13.7. The second-order valence-electron chi connectivity index (χ2n) is 5.77. The summed E-state index contributed by atoms with van der Waals surface area (Å²) in [6.45, 7) is 2.02. The van der Waals surface area contributed by atoms with Gasteiger partial charge in [-0.25, -0.2) is 4.98 Å². The molecule has 1 heterocycles. The Labute approximate surface area is 144 Å². The molecule has 0 fully saturated rings. The first-order valence-corrected chi connectivity index (χ1v) is 7.84. The zero-order chi connectivity index (χ0) is 17.8. The summed E-state index contributed by atoms with van der Waals surface area (Å²) in [6, 6.07) is 14.1. The fourth-order valence-corrected chi connectivity index (χ4v) is 2.57. The van der Waals surface area contributed by atoms with Crippen LogP contribution in [0.5, 0.6) is 5.75 Å². The number of rotatable bonds is 5. The number of ether oxygens (including phenoxy) is 1. The van der Waals surface area contributed by atoms with Gasteiger partial charge >= 0.3 is 0 Å². The molecule has 0 aliphatic heterocycles. The van der Waals surface area contributed by atoms with E-state index in [9.17, 15) is 9.90 Å². The number of hydrogen-bond acceptors (Lipinski definition) is 5. The molecule has 0 saturated carbocycles. The predicted octanol–water partition coefficient (Wildman–Crippen LogP) is 2.02. The lowest BCUT2D eigenvalue weighted by Gasteiger charge is -2.14. The highest BCUT2D eigenvalue weighted by atomic mass is 16.5. The number of hydrogen-bond donors (Lipinski definition) is 1. The third-order valence-corrected chi connectivity index (χ3v) is 3.89. The molecule has 3 rings (SSSR count). The molecular formula is C19H17N3O3. The van der Waals surface area contributed by atoms with E-state index in [2.05, 4.69) is 4.98 Å². The molecule has 2 aromatic carbocycles. The van der Waals surface area contributed by atoms with E-state index in [0.717, 1.165) is 5.56 Å². The number of nitriles is 1. The summed E-state index contributed by atoms with van der Waals surface area (Å²) < 4.78 is 6.87. The fourth-order valence-electron chi connectivity index (χ4n) is 2.57. The maximum Gasteiger partial charge on any atom is 0.261 e. The summed E-state index contributed by atoms with van der Waals surface area (Å²) >= 11 is 0. The monoisotopic (exact) mass is 335 g/mol. The second-order valence-corrected chi connectivity index (χ2v) is 5.77. The lowest BCUT2D eigenvalue weighted by Crippen LogP contribution is -2.30. The van der Waals surface area contributed by atoms with E-state index >= 15 is 0 Å². The highest BCUT2D eigenvalue weighted by Crippen LogP contribution is 2.13. The lowest BCUT2D eigenvalue weighted by molar-refractivity contribution is 0.0915. The molecule has 0 aliphatic carbocycles. The van der Waals surface area contributed by atoms with Crippen LogP contribution in [0.2, 0.25) is 0 Å². The van der Waals surface area contributed by atoms with Crippen LogP contribution in [0, 0.1) is 18.3 Å². The average molecular weight is 335 g/mol. The highest BCUT2D eigenvalue weighted by molar-refractivity contribution is 5.80. The standard InChI is InChI=1S/C19H17N3O3/c1-13-3-2-4-17-18(13)21-12-22(19(17)24)10-15(23)11-25-16-7-5-14(9-20)6-8-16/h2-8,12,15,23H,10-11H2,1H3. The third kappa shape index (κ3) is 3.67. The van der Waals surface area contributed by atoms with Crippen molar-refractivity contribution in [2.75, 3.05) is 6.61 Å². The molecule has 0 spiro atoms. The van der Waals surface area contributed by atoms with Crippen molar-refractivity contribution in [2.24, 2.45) is 0 Å². The van der Waals surface area contributed by atoms with Crippen molar-refractivity contribution in [3.63, 3.8) is 0 Å². The Morgan fingerprint density at radius 2 is 2.04 bits per heavy atom. The Morgan fingerprint density at radius 1 is 1.28 bits per heavy atom. The number of aromatic nitrogens is 2. The van der Waals surface area contributed by atoms with Gasteiger partial charge in [-0.2, -0.15) is 5.26 Å². The molecule has 1 N–H and O–H groups in total. The van der Waals surface area contributed by atoms with Crippen LogP contribution in [0.1, 0.15) is 11.1 Å². The molecule has 6 heteroatoms. The second kappa shape index (κ2) is 7.16. The average Bonchev–Trinajstić information content (AvgIpc) is 2.63. The van der Waals surface area contributed by atoms with Gasteiger partial charge in [0.2, 0.25) is 0 Å². The number of nitrogens with zero attached hydrogens (tertiary/aromatic N) is 3. The summed E-state index contributed by atoms with van der Waals surface area (Å²) in [7, 11) is 0. The molecule has 0 amide bonds. The van der Waals surface area contributed by atoms with Crippen LogP contribution in [0.4, 0.5) is 0 Å². The van der Waals surface area contributed by atoms with Crippen LogP contribution in [0.25, 0.3) is 10.9 Å². The van der Waals surface area contributed by atoms with Crippen molar-refractivity contribution in [1.82, 2.24) is 9.55 Å². The van der Waals surface area contributed by atoms with Crippen LogP contribution < -0.4 is 10.3 Å². The quantitative estimate of drug-likeness (QED) is 0.770. The van der Waals surface area contributed by atoms with Gasteiger partial charge in [0.15, 0.2) is 0 Å². The Bertz CT molecular complexity index is 987. The van der Waals surface area contributed by atoms with E-state index in [-0.39, 0.29) is 18.7 Å². The molecular weight excluding hydrogens is 318 g/mol. The molecule has 25 heavy (non-hydrogen) atoms. The van der Waals surface area contributed by atoms with Gasteiger partial charge in [0.25, 0.3) is 5.56 Å². The van der Waals surface area contributed by atoms with Crippen molar-refractivity contribution in [1.29, 1.82) is 5.26 Å². The van der Waals surface area contributed by atoms with Crippen molar-refractivity contribution >= 4 is 10.9 Å². The Hall–Kier alpha value is -3.17.